The second kappa shape index (κ2) is 5.51. The Hall–Kier alpha value is -1.38. The third kappa shape index (κ3) is 3.09. The molecule has 0 aliphatic rings. The van der Waals surface area contributed by atoms with E-state index in [1.807, 2.05) is 25.1 Å². The topological polar surface area (TPSA) is 26.0 Å². The summed E-state index contributed by atoms with van der Waals surface area (Å²) in [5.41, 5.74) is 9.15. The van der Waals surface area contributed by atoms with E-state index >= 15 is 0 Å². The quantitative estimate of drug-likeness (QED) is 0.889. The second-order valence-electron chi connectivity index (χ2n) is 4.46. The standard InChI is InChI=1S/C15H15ClFN/c1-10-2-3-12(14(16)8-10)9-15(18)11-4-6-13(17)7-5-11/h2-8,15H,9,18H2,1H3. The molecule has 0 aliphatic carbocycles. The van der Waals surface area contributed by atoms with Crippen LogP contribution < -0.4 is 5.73 Å². The maximum atomic E-state index is 12.8. The van der Waals surface area contributed by atoms with Gasteiger partial charge < -0.3 is 5.73 Å². The van der Waals surface area contributed by atoms with Gasteiger partial charge in [-0.15, -0.1) is 0 Å². The van der Waals surface area contributed by atoms with Crippen LogP contribution in [-0.4, -0.2) is 0 Å². The minimum absolute atomic E-state index is 0.175. The highest BCUT2D eigenvalue weighted by atomic mass is 35.5. The van der Waals surface area contributed by atoms with Gasteiger partial charge in [-0.2, -0.15) is 0 Å². The van der Waals surface area contributed by atoms with Gasteiger partial charge in [0.2, 0.25) is 0 Å². The molecule has 1 unspecified atom stereocenters. The molecule has 3 heteroatoms. The fourth-order valence-electron chi connectivity index (χ4n) is 1.88. The first-order valence-electron chi connectivity index (χ1n) is 5.82. The summed E-state index contributed by atoms with van der Waals surface area (Å²) in [5.74, 6) is -0.251. The van der Waals surface area contributed by atoms with Crippen molar-refractivity contribution in [2.75, 3.05) is 0 Å². The van der Waals surface area contributed by atoms with Gasteiger partial charge in [-0.1, -0.05) is 35.9 Å². The van der Waals surface area contributed by atoms with E-state index in [9.17, 15) is 4.39 Å². The van der Waals surface area contributed by atoms with Crippen molar-refractivity contribution in [3.05, 3.63) is 70.0 Å². The summed E-state index contributed by atoms with van der Waals surface area (Å²) >= 11 is 6.17. The van der Waals surface area contributed by atoms with Crippen molar-refractivity contribution in [1.29, 1.82) is 0 Å². The van der Waals surface area contributed by atoms with Crippen molar-refractivity contribution < 1.29 is 4.39 Å². The van der Waals surface area contributed by atoms with E-state index in [0.29, 0.717) is 6.42 Å². The first-order chi connectivity index (χ1) is 8.56. The predicted octanol–water partition coefficient (Wildman–Crippen LogP) is 4.03. The maximum Gasteiger partial charge on any atom is 0.123 e. The Balaban J connectivity index is 2.15. The van der Waals surface area contributed by atoms with Crippen LogP contribution in [0.15, 0.2) is 42.5 Å². The maximum absolute atomic E-state index is 12.8. The van der Waals surface area contributed by atoms with E-state index in [0.717, 1.165) is 21.7 Å². The number of halogens is 2. The van der Waals surface area contributed by atoms with E-state index in [4.69, 9.17) is 17.3 Å². The number of hydrogen-bond donors (Lipinski definition) is 1. The fraction of sp³-hybridized carbons (Fsp3) is 0.200. The zero-order chi connectivity index (χ0) is 13.1. The lowest BCUT2D eigenvalue weighted by molar-refractivity contribution is 0.624. The molecule has 0 heterocycles. The van der Waals surface area contributed by atoms with Crippen LogP contribution in [0.25, 0.3) is 0 Å². The van der Waals surface area contributed by atoms with Crippen LogP contribution in [0.1, 0.15) is 22.7 Å². The normalized spacial score (nSPS) is 12.4. The molecule has 0 aromatic heterocycles. The third-order valence-corrected chi connectivity index (χ3v) is 3.30. The lowest BCUT2D eigenvalue weighted by Crippen LogP contribution is -2.13. The third-order valence-electron chi connectivity index (χ3n) is 2.95. The summed E-state index contributed by atoms with van der Waals surface area (Å²) in [6.45, 7) is 2.00. The number of hydrogen-bond acceptors (Lipinski definition) is 1. The van der Waals surface area contributed by atoms with E-state index < -0.39 is 0 Å². The summed E-state index contributed by atoms with van der Waals surface area (Å²) < 4.78 is 12.8. The van der Waals surface area contributed by atoms with Crippen LogP contribution in [0.5, 0.6) is 0 Å². The van der Waals surface area contributed by atoms with Crippen LogP contribution in [0.2, 0.25) is 5.02 Å². The van der Waals surface area contributed by atoms with E-state index in [1.165, 1.54) is 12.1 Å². The first-order valence-corrected chi connectivity index (χ1v) is 6.20. The van der Waals surface area contributed by atoms with Gasteiger partial charge in [-0.25, -0.2) is 4.39 Å². The van der Waals surface area contributed by atoms with Crippen molar-refractivity contribution in [3.8, 4) is 0 Å². The molecule has 0 saturated heterocycles. The van der Waals surface area contributed by atoms with E-state index in [2.05, 4.69) is 0 Å². The van der Waals surface area contributed by atoms with Gasteiger partial charge in [-0.3, -0.25) is 0 Å². The minimum Gasteiger partial charge on any atom is -0.324 e. The van der Waals surface area contributed by atoms with Crippen molar-refractivity contribution in [3.63, 3.8) is 0 Å². The van der Waals surface area contributed by atoms with Gasteiger partial charge in [0.05, 0.1) is 0 Å². The Bertz CT molecular complexity index is 537. The fourth-order valence-corrected chi connectivity index (χ4v) is 2.19. The predicted molar refractivity (Wildman–Crippen MR) is 73.2 cm³/mol. The molecule has 2 rings (SSSR count). The van der Waals surface area contributed by atoms with Gasteiger partial charge in [0, 0.05) is 11.1 Å². The van der Waals surface area contributed by atoms with Crippen LogP contribution in [0.3, 0.4) is 0 Å². The molecule has 0 spiro atoms. The molecule has 2 N–H and O–H groups in total. The number of nitrogens with two attached hydrogens (primary N) is 1. The molecule has 0 bridgehead atoms. The molecule has 2 aromatic carbocycles. The van der Waals surface area contributed by atoms with Crippen LogP contribution in [-0.2, 0) is 6.42 Å². The summed E-state index contributed by atoms with van der Waals surface area (Å²) in [5, 5.41) is 0.729. The van der Waals surface area contributed by atoms with Crippen molar-refractivity contribution in [1.82, 2.24) is 0 Å². The Morgan fingerprint density at radius 1 is 1.17 bits per heavy atom. The average molecular weight is 264 g/mol. The Morgan fingerprint density at radius 3 is 2.44 bits per heavy atom. The van der Waals surface area contributed by atoms with Crippen LogP contribution in [0, 0.1) is 12.7 Å². The molecule has 1 nitrogen and oxygen atoms in total. The smallest absolute Gasteiger partial charge is 0.123 e. The van der Waals surface area contributed by atoms with Gasteiger partial charge in [0.25, 0.3) is 0 Å². The molecular formula is C15H15ClFN. The van der Waals surface area contributed by atoms with Gasteiger partial charge in [-0.05, 0) is 48.2 Å². The Kier molecular flexibility index (Phi) is 4.00. The zero-order valence-corrected chi connectivity index (χ0v) is 10.9. The number of aryl methyl sites for hydroxylation is 1. The minimum atomic E-state index is -0.251. The Morgan fingerprint density at radius 2 is 1.83 bits per heavy atom. The van der Waals surface area contributed by atoms with Crippen LogP contribution in [0.4, 0.5) is 4.39 Å². The average Bonchev–Trinajstić information content (AvgIpc) is 2.33. The highest BCUT2D eigenvalue weighted by Crippen LogP contribution is 2.23. The van der Waals surface area contributed by atoms with Crippen molar-refractivity contribution in [2.24, 2.45) is 5.73 Å². The van der Waals surface area contributed by atoms with Gasteiger partial charge in [0.1, 0.15) is 5.82 Å². The zero-order valence-electron chi connectivity index (χ0n) is 10.2. The second-order valence-corrected chi connectivity index (χ2v) is 4.86. The SMILES string of the molecule is Cc1ccc(CC(N)c2ccc(F)cc2)c(Cl)c1. The summed E-state index contributed by atoms with van der Waals surface area (Å²) in [6.07, 6.45) is 0.644. The molecule has 18 heavy (non-hydrogen) atoms. The van der Waals surface area contributed by atoms with Crippen LogP contribution >= 0.6 is 11.6 Å². The lowest BCUT2D eigenvalue weighted by atomic mass is 9.99. The molecule has 2 aromatic rings. The van der Waals surface area contributed by atoms with E-state index in [1.54, 1.807) is 12.1 Å². The highest BCUT2D eigenvalue weighted by molar-refractivity contribution is 6.31. The largest absolute Gasteiger partial charge is 0.324 e. The summed E-state index contributed by atoms with van der Waals surface area (Å²) in [7, 11) is 0. The first kappa shape index (κ1) is 13.1. The molecule has 94 valence electrons. The van der Waals surface area contributed by atoms with E-state index in [-0.39, 0.29) is 11.9 Å². The van der Waals surface area contributed by atoms with Gasteiger partial charge in [0.15, 0.2) is 0 Å². The van der Waals surface area contributed by atoms with Crippen molar-refractivity contribution >= 4 is 11.6 Å². The summed E-state index contributed by atoms with van der Waals surface area (Å²) in [4.78, 5) is 0. The number of rotatable bonds is 3. The molecule has 0 saturated carbocycles. The lowest BCUT2D eigenvalue weighted by Gasteiger charge is -2.13. The molecule has 0 radical (unpaired) electrons. The van der Waals surface area contributed by atoms with Crippen molar-refractivity contribution in [2.45, 2.75) is 19.4 Å². The summed E-state index contributed by atoms with van der Waals surface area (Å²) in [6, 6.07) is 12.0. The Labute approximate surface area is 111 Å². The molecular weight excluding hydrogens is 249 g/mol. The molecule has 0 amide bonds. The number of benzene rings is 2. The highest BCUT2D eigenvalue weighted by Gasteiger charge is 2.09. The monoisotopic (exact) mass is 263 g/mol. The molecule has 1 atom stereocenters. The van der Waals surface area contributed by atoms with Gasteiger partial charge >= 0.3 is 0 Å². The molecule has 0 fully saturated rings. The molecule has 0 aliphatic heterocycles.